The average Bonchev–Trinajstić information content (AvgIpc) is 3.35. The molecule has 0 amide bonds. The molecule has 0 saturated heterocycles. The quantitative estimate of drug-likeness (QED) is 0.746. The van der Waals surface area contributed by atoms with Crippen molar-refractivity contribution >= 4 is 40.0 Å². The summed E-state index contributed by atoms with van der Waals surface area (Å²) in [5.41, 5.74) is 2.26. The second-order valence-corrected chi connectivity index (χ2v) is 6.96. The van der Waals surface area contributed by atoms with E-state index in [1.54, 1.807) is 0 Å². The first kappa shape index (κ1) is 13.3. The molecule has 2 aliphatic carbocycles. The maximum Gasteiger partial charge on any atom is 0.225 e. The number of benzene rings is 1. The van der Waals surface area contributed by atoms with Gasteiger partial charge in [0.1, 0.15) is 5.82 Å². The van der Waals surface area contributed by atoms with Crippen LogP contribution in [-0.2, 0) is 0 Å². The molecule has 1 aromatic heterocycles. The van der Waals surface area contributed by atoms with Gasteiger partial charge in [-0.15, -0.1) is 0 Å². The molecular formula is C16H17IN4. The summed E-state index contributed by atoms with van der Waals surface area (Å²) in [6.45, 7) is 0. The van der Waals surface area contributed by atoms with E-state index in [1.807, 2.05) is 12.1 Å². The summed E-state index contributed by atoms with van der Waals surface area (Å²) in [6.07, 6.45) is 4.97. The molecule has 1 aromatic carbocycles. The minimum atomic E-state index is 0.573. The maximum absolute atomic E-state index is 4.68. The molecule has 0 aliphatic heterocycles. The summed E-state index contributed by atoms with van der Waals surface area (Å²) in [4.78, 5) is 9.30. The normalized spacial score (nSPS) is 17.6. The number of hydrogen-bond acceptors (Lipinski definition) is 4. The van der Waals surface area contributed by atoms with E-state index in [0.717, 1.165) is 17.5 Å². The lowest BCUT2D eigenvalue weighted by molar-refractivity contribution is 0.968. The number of aromatic nitrogens is 2. The molecule has 2 N–H and O–H groups in total. The molecule has 0 spiro atoms. The molecule has 2 aliphatic rings. The minimum absolute atomic E-state index is 0.573. The van der Waals surface area contributed by atoms with Gasteiger partial charge in [0, 0.05) is 21.6 Å². The molecule has 2 saturated carbocycles. The molecule has 2 fully saturated rings. The van der Waals surface area contributed by atoms with Gasteiger partial charge >= 0.3 is 0 Å². The van der Waals surface area contributed by atoms with E-state index in [4.69, 9.17) is 0 Å². The number of nitrogens with zero attached hydrogens (tertiary/aromatic N) is 2. The molecular weight excluding hydrogens is 375 g/mol. The van der Waals surface area contributed by atoms with Gasteiger partial charge in [-0.1, -0.05) is 12.1 Å². The van der Waals surface area contributed by atoms with Gasteiger partial charge in [0.05, 0.1) is 11.4 Å². The SMILES string of the molecule is Ic1ccccc1Nc1cc(C2CC2)nc(NC2CC2)n1. The van der Waals surface area contributed by atoms with Gasteiger partial charge in [-0.3, -0.25) is 0 Å². The Morgan fingerprint density at radius 3 is 2.57 bits per heavy atom. The second-order valence-electron chi connectivity index (χ2n) is 5.80. The fraction of sp³-hybridized carbons (Fsp3) is 0.375. The van der Waals surface area contributed by atoms with Crippen molar-refractivity contribution in [1.29, 1.82) is 0 Å². The van der Waals surface area contributed by atoms with Gasteiger partial charge in [0.15, 0.2) is 0 Å². The van der Waals surface area contributed by atoms with E-state index in [1.165, 1.54) is 34.9 Å². The Hall–Kier alpha value is -1.37. The first-order valence-electron chi connectivity index (χ1n) is 7.45. The Labute approximate surface area is 137 Å². The van der Waals surface area contributed by atoms with Crippen molar-refractivity contribution in [2.24, 2.45) is 0 Å². The highest BCUT2D eigenvalue weighted by Crippen LogP contribution is 2.40. The van der Waals surface area contributed by atoms with Crippen LogP contribution in [0.3, 0.4) is 0 Å². The summed E-state index contributed by atoms with van der Waals surface area (Å²) < 4.78 is 1.19. The Bertz CT molecular complexity index is 665. The third-order valence-corrected chi connectivity index (χ3v) is 4.73. The van der Waals surface area contributed by atoms with Gasteiger partial charge < -0.3 is 10.6 Å². The first-order chi connectivity index (χ1) is 10.3. The van der Waals surface area contributed by atoms with Crippen LogP contribution in [0.1, 0.15) is 37.3 Å². The van der Waals surface area contributed by atoms with E-state index in [-0.39, 0.29) is 0 Å². The zero-order valence-electron chi connectivity index (χ0n) is 11.6. The molecule has 2 aromatic rings. The van der Waals surface area contributed by atoms with E-state index >= 15 is 0 Å². The smallest absolute Gasteiger partial charge is 0.225 e. The Kier molecular flexibility index (Phi) is 3.45. The second kappa shape index (κ2) is 5.44. The molecule has 0 radical (unpaired) electrons. The molecule has 4 rings (SSSR count). The summed E-state index contributed by atoms with van der Waals surface area (Å²) in [6, 6.07) is 10.9. The van der Waals surface area contributed by atoms with Crippen LogP contribution in [0.15, 0.2) is 30.3 Å². The van der Waals surface area contributed by atoms with Crippen LogP contribution in [0.4, 0.5) is 17.5 Å². The zero-order chi connectivity index (χ0) is 14.2. The fourth-order valence-corrected chi connectivity index (χ4v) is 2.82. The Morgan fingerprint density at radius 1 is 1.05 bits per heavy atom. The standard InChI is InChI=1S/C16H17IN4/c17-12-3-1-2-4-13(12)19-15-9-14(10-5-6-10)20-16(21-15)18-11-7-8-11/h1-4,9-11H,5-8H2,(H2,18,19,20,21). The summed E-state index contributed by atoms with van der Waals surface area (Å²) in [5, 5.41) is 6.85. The average molecular weight is 392 g/mol. The van der Waals surface area contributed by atoms with Crippen molar-refractivity contribution in [1.82, 2.24) is 9.97 Å². The molecule has 0 atom stereocenters. The predicted molar refractivity (Wildman–Crippen MR) is 93.1 cm³/mol. The van der Waals surface area contributed by atoms with Crippen molar-refractivity contribution in [3.8, 4) is 0 Å². The van der Waals surface area contributed by atoms with E-state index in [9.17, 15) is 0 Å². The summed E-state index contributed by atoms with van der Waals surface area (Å²) >= 11 is 2.34. The van der Waals surface area contributed by atoms with Crippen LogP contribution in [0, 0.1) is 3.57 Å². The Morgan fingerprint density at radius 2 is 1.86 bits per heavy atom. The topological polar surface area (TPSA) is 49.8 Å². The molecule has 4 nitrogen and oxygen atoms in total. The van der Waals surface area contributed by atoms with Gasteiger partial charge in [0.25, 0.3) is 0 Å². The van der Waals surface area contributed by atoms with Crippen molar-refractivity contribution in [3.63, 3.8) is 0 Å². The number of hydrogen-bond donors (Lipinski definition) is 2. The van der Waals surface area contributed by atoms with Crippen LogP contribution in [0.2, 0.25) is 0 Å². The summed E-state index contributed by atoms with van der Waals surface area (Å²) in [7, 11) is 0. The van der Waals surface area contributed by atoms with E-state index in [2.05, 4.69) is 61.4 Å². The van der Waals surface area contributed by atoms with Crippen molar-refractivity contribution in [2.45, 2.75) is 37.6 Å². The molecule has 0 bridgehead atoms. The first-order valence-corrected chi connectivity index (χ1v) is 8.53. The molecule has 108 valence electrons. The van der Waals surface area contributed by atoms with Crippen LogP contribution in [-0.4, -0.2) is 16.0 Å². The highest BCUT2D eigenvalue weighted by Gasteiger charge is 2.27. The lowest BCUT2D eigenvalue weighted by Gasteiger charge is -2.11. The van der Waals surface area contributed by atoms with Gasteiger partial charge in [-0.05, 0) is 60.4 Å². The zero-order valence-corrected chi connectivity index (χ0v) is 13.8. The number of rotatable bonds is 5. The molecule has 0 unspecified atom stereocenters. The van der Waals surface area contributed by atoms with Gasteiger partial charge in [0.2, 0.25) is 5.95 Å². The molecule has 21 heavy (non-hydrogen) atoms. The summed E-state index contributed by atoms with van der Waals surface area (Å²) in [5.74, 6) is 2.29. The van der Waals surface area contributed by atoms with Crippen molar-refractivity contribution < 1.29 is 0 Å². The van der Waals surface area contributed by atoms with Crippen LogP contribution < -0.4 is 10.6 Å². The predicted octanol–water partition coefficient (Wildman–Crippen LogP) is 4.28. The van der Waals surface area contributed by atoms with Crippen LogP contribution >= 0.6 is 22.6 Å². The van der Waals surface area contributed by atoms with Crippen LogP contribution in [0.25, 0.3) is 0 Å². The van der Waals surface area contributed by atoms with Crippen molar-refractivity contribution in [2.75, 3.05) is 10.6 Å². The third kappa shape index (κ3) is 3.28. The van der Waals surface area contributed by atoms with Crippen molar-refractivity contribution in [3.05, 3.63) is 39.6 Å². The lowest BCUT2D eigenvalue weighted by Crippen LogP contribution is -2.08. The monoisotopic (exact) mass is 392 g/mol. The highest BCUT2D eigenvalue weighted by atomic mass is 127. The van der Waals surface area contributed by atoms with E-state index < -0.39 is 0 Å². The minimum Gasteiger partial charge on any atom is -0.351 e. The Balaban J connectivity index is 1.63. The molecule has 5 heteroatoms. The highest BCUT2D eigenvalue weighted by molar-refractivity contribution is 14.1. The maximum atomic E-state index is 4.68. The number of halogens is 1. The van der Waals surface area contributed by atoms with Gasteiger partial charge in [-0.2, -0.15) is 4.98 Å². The fourth-order valence-electron chi connectivity index (χ4n) is 2.29. The number of nitrogens with one attached hydrogen (secondary N) is 2. The lowest BCUT2D eigenvalue weighted by atomic mass is 10.2. The van der Waals surface area contributed by atoms with Crippen LogP contribution in [0.5, 0.6) is 0 Å². The van der Waals surface area contributed by atoms with Gasteiger partial charge in [-0.25, -0.2) is 4.98 Å². The number of anilines is 3. The van der Waals surface area contributed by atoms with E-state index in [0.29, 0.717) is 12.0 Å². The third-order valence-electron chi connectivity index (χ3n) is 3.79. The largest absolute Gasteiger partial charge is 0.351 e. The molecule has 1 heterocycles. The number of para-hydroxylation sites is 1.